The number of nitrogens with one attached hydrogen (secondary N) is 1. The summed E-state index contributed by atoms with van der Waals surface area (Å²) in [4.78, 5) is 4.09. The van der Waals surface area contributed by atoms with E-state index in [-0.39, 0.29) is 11.9 Å². The molecule has 0 saturated heterocycles. The van der Waals surface area contributed by atoms with Crippen molar-refractivity contribution in [2.75, 3.05) is 6.54 Å². The van der Waals surface area contributed by atoms with Crippen molar-refractivity contribution in [2.24, 2.45) is 0 Å². The topological polar surface area (TPSA) is 24.9 Å². The first kappa shape index (κ1) is 12.7. The molecule has 86 valence electrons. The molecule has 3 heteroatoms. The third kappa shape index (κ3) is 3.63. The predicted molar refractivity (Wildman–Crippen MR) is 63.3 cm³/mol. The molecule has 1 N–H and O–H groups in total. The molecule has 0 amide bonds. The summed E-state index contributed by atoms with van der Waals surface area (Å²) in [6.45, 7) is 2.78. The monoisotopic (exact) mass is 220 g/mol. The highest BCUT2D eigenvalue weighted by Crippen LogP contribution is 2.19. The molecule has 1 heterocycles. The van der Waals surface area contributed by atoms with E-state index < -0.39 is 0 Å². The first-order chi connectivity index (χ1) is 7.79. The van der Waals surface area contributed by atoms with Gasteiger partial charge in [0.15, 0.2) is 0 Å². The lowest BCUT2D eigenvalue weighted by molar-refractivity contribution is 0.462. The SMILES string of the molecule is C#CCCCC(NCC)c1ncccc1F. The van der Waals surface area contributed by atoms with Gasteiger partial charge in [-0.25, -0.2) is 4.39 Å². The van der Waals surface area contributed by atoms with Crippen LogP contribution >= 0.6 is 0 Å². The van der Waals surface area contributed by atoms with Crippen LogP contribution in [0.2, 0.25) is 0 Å². The van der Waals surface area contributed by atoms with Crippen molar-refractivity contribution in [2.45, 2.75) is 32.2 Å². The Morgan fingerprint density at radius 1 is 1.62 bits per heavy atom. The number of rotatable bonds is 6. The maximum Gasteiger partial charge on any atom is 0.146 e. The molecular weight excluding hydrogens is 203 g/mol. The van der Waals surface area contributed by atoms with E-state index in [1.807, 2.05) is 6.92 Å². The number of hydrogen-bond donors (Lipinski definition) is 1. The largest absolute Gasteiger partial charge is 0.309 e. The minimum Gasteiger partial charge on any atom is -0.309 e. The molecule has 0 aromatic carbocycles. The highest BCUT2D eigenvalue weighted by Gasteiger charge is 2.15. The molecule has 2 nitrogen and oxygen atoms in total. The molecule has 1 atom stereocenters. The normalized spacial score (nSPS) is 12.1. The zero-order valence-corrected chi connectivity index (χ0v) is 9.54. The van der Waals surface area contributed by atoms with Gasteiger partial charge in [0.05, 0.1) is 11.7 Å². The molecule has 0 fully saturated rings. The van der Waals surface area contributed by atoms with Crippen molar-refractivity contribution >= 4 is 0 Å². The molecule has 0 aliphatic rings. The number of nitrogens with zero attached hydrogens (tertiary/aromatic N) is 1. The Kier molecular flexibility index (Phi) is 5.52. The van der Waals surface area contributed by atoms with Crippen LogP contribution in [0.5, 0.6) is 0 Å². The Morgan fingerprint density at radius 2 is 2.44 bits per heavy atom. The van der Waals surface area contributed by atoms with Crippen LogP contribution in [0, 0.1) is 18.2 Å². The number of halogens is 1. The second kappa shape index (κ2) is 6.97. The fourth-order valence-electron chi connectivity index (χ4n) is 1.64. The van der Waals surface area contributed by atoms with E-state index >= 15 is 0 Å². The maximum absolute atomic E-state index is 13.5. The third-order valence-corrected chi connectivity index (χ3v) is 2.38. The second-order valence-corrected chi connectivity index (χ2v) is 3.58. The van der Waals surface area contributed by atoms with Crippen LogP contribution in [0.15, 0.2) is 18.3 Å². The summed E-state index contributed by atoms with van der Waals surface area (Å²) in [5.74, 6) is 2.33. The third-order valence-electron chi connectivity index (χ3n) is 2.38. The van der Waals surface area contributed by atoms with Gasteiger partial charge in [0.1, 0.15) is 5.82 Å². The lowest BCUT2D eigenvalue weighted by Crippen LogP contribution is -2.22. The van der Waals surface area contributed by atoms with E-state index in [4.69, 9.17) is 6.42 Å². The number of hydrogen-bond acceptors (Lipinski definition) is 2. The van der Waals surface area contributed by atoms with E-state index in [9.17, 15) is 4.39 Å². The summed E-state index contributed by atoms with van der Waals surface area (Å²) < 4.78 is 13.5. The van der Waals surface area contributed by atoms with Crippen LogP contribution in [0.3, 0.4) is 0 Å². The first-order valence-electron chi connectivity index (χ1n) is 5.56. The Hall–Kier alpha value is -1.40. The smallest absolute Gasteiger partial charge is 0.146 e. The molecule has 1 unspecified atom stereocenters. The first-order valence-corrected chi connectivity index (χ1v) is 5.56. The maximum atomic E-state index is 13.5. The minimum absolute atomic E-state index is 0.0421. The quantitative estimate of drug-likeness (QED) is 0.589. The second-order valence-electron chi connectivity index (χ2n) is 3.58. The number of aromatic nitrogens is 1. The van der Waals surface area contributed by atoms with Crippen molar-refractivity contribution in [3.63, 3.8) is 0 Å². The zero-order chi connectivity index (χ0) is 11.8. The summed E-state index contributed by atoms with van der Waals surface area (Å²) in [7, 11) is 0. The van der Waals surface area contributed by atoms with Gasteiger partial charge < -0.3 is 5.32 Å². The van der Waals surface area contributed by atoms with Gasteiger partial charge in [-0.2, -0.15) is 0 Å². The van der Waals surface area contributed by atoms with Gasteiger partial charge in [-0.15, -0.1) is 12.3 Å². The Labute approximate surface area is 96.3 Å². The predicted octanol–water partition coefficient (Wildman–Crippen LogP) is 2.67. The fraction of sp³-hybridized carbons (Fsp3) is 0.462. The summed E-state index contributed by atoms with van der Waals surface area (Å²) in [5.41, 5.74) is 0.487. The van der Waals surface area contributed by atoms with E-state index in [0.717, 1.165) is 25.8 Å². The average molecular weight is 220 g/mol. The van der Waals surface area contributed by atoms with Crippen LogP contribution < -0.4 is 5.32 Å². The number of pyridine rings is 1. The van der Waals surface area contributed by atoms with Crippen LogP contribution in [-0.2, 0) is 0 Å². The fourth-order valence-corrected chi connectivity index (χ4v) is 1.64. The number of unbranched alkanes of at least 4 members (excludes halogenated alkanes) is 1. The van der Waals surface area contributed by atoms with Gasteiger partial charge in [-0.1, -0.05) is 6.92 Å². The molecule has 1 rings (SSSR count). The van der Waals surface area contributed by atoms with Gasteiger partial charge >= 0.3 is 0 Å². The molecule has 0 saturated carbocycles. The molecule has 0 spiro atoms. The lowest BCUT2D eigenvalue weighted by atomic mass is 10.1. The van der Waals surface area contributed by atoms with Crippen molar-refractivity contribution in [3.8, 4) is 12.3 Å². The van der Waals surface area contributed by atoms with Gasteiger partial charge in [0.2, 0.25) is 0 Å². The van der Waals surface area contributed by atoms with Crippen LogP contribution in [0.4, 0.5) is 4.39 Å². The summed E-state index contributed by atoms with van der Waals surface area (Å²) in [5, 5.41) is 3.23. The van der Waals surface area contributed by atoms with Gasteiger partial charge in [0, 0.05) is 12.6 Å². The molecule has 16 heavy (non-hydrogen) atoms. The van der Waals surface area contributed by atoms with Gasteiger partial charge in [0.25, 0.3) is 0 Å². The van der Waals surface area contributed by atoms with Crippen molar-refractivity contribution in [1.29, 1.82) is 0 Å². The highest BCUT2D eigenvalue weighted by atomic mass is 19.1. The molecular formula is C13H17FN2. The molecule has 0 radical (unpaired) electrons. The van der Waals surface area contributed by atoms with Crippen LogP contribution in [0.1, 0.15) is 37.9 Å². The molecule has 1 aromatic heterocycles. The minimum atomic E-state index is -0.255. The van der Waals surface area contributed by atoms with Crippen molar-refractivity contribution in [1.82, 2.24) is 10.3 Å². The van der Waals surface area contributed by atoms with E-state index in [2.05, 4.69) is 16.2 Å². The molecule has 0 aliphatic heterocycles. The van der Waals surface area contributed by atoms with Gasteiger partial charge in [-0.3, -0.25) is 4.98 Å². The lowest BCUT2D eigenvalue weighted by Gasteiger charge is -2.17. The molecule has 0 bridgehead atoms. The molecule has 1 aromatic rings. The van der Waals surface area contributed by atoms with E-state index in [1.165, 1.54) is 6.07 Å². The molecule has 0 aliphatic carbocycles. The summed E-state index contributed by atoms with van der Waals surface area (Å²) in [6.07, 6.45) is 9.22. The van der Waals surface area contributed by atoms with Crippen molar-refractivity contribution in [3.05, 3.63) is 29.8 Å². The average Bonchev–Trinajstić information content (AvgIpc) is 2.29. The Balaban J connectivity index is 2.69. The standard InChI is InChI=1S/C13H17FN2/c1-3-5-6-9-12(15-4-2)13-11(14)8-7-10-16-13/h1,7-8,10,12,15H,4-6,9H2,2H3. The van der Waals surface area contributed by atoms with Crippen LogP contribution in [0.25, 0.3) is 0 Å². The Morgan fingerprint density at radius 3 is 3.06 bits per heavy atom. The van der Waals surface area contributed by atoms with Crippen molar-refractivity contribution < 1.29 is 4.39 Å². The van der Waals surface area contributed by atoms with E-state index in [0.29, 0.717) is 5.69 Å². The Bertz CT molecular complexity index is 357. The summed E-state index contributed by atoms with van der Waals surface area (Å²) >= 11 is 0. The van der Waals surface area contributed by atoms with Crippen LogP contribution in [-0.4, -0.2) is 11.5 Å². The number of terminal acetylenes is 1. The highest BCUT2D eigenvalue weighted by molar-refractivity contribution is 5.11. The van der Waals surface area contributed by atoms with E-state index in [1.54, 1.807) is 12.3 Å². The van der Waals surface area contributed by atoms with Gasteiger partial charge in [-0.05, 0) is 31.5 Å². The summed E-state index contributed by atoms with van der Waals surface area (Å²) in [6, 6.07) is 3.00. The zero-order valence-electron chi connectivity index (χ0n) is 9.54.